The summed E-state index contributed by atoms with van der Waals surface area (Å²) in [5, 5.41) is 0. The SMILES string of the molecule is O=P([O-])([O-])OF.[Be+2]. The van der Waals surface area contributed by atoms with Gasteiger partial charge in [0, 0.05) is 0 Å². The van der Waals surface area contributed by atoms with Crippen LogP contribution < -0.4 is 9.79 Å². The fraction of sp³-hybridized carbons (Fsp3) is 0. The van der Waals surface area contributed by atoms with Crippen LogP contribution in [0.2, 0.25) is 0 Å². The molecule has 0 heterocycles. The van der Waals surface area contributed by atoms with Crippen molar-refractivity contribution in [3.05, 3.63) is 0 Å². The van der Waals surface area contributed by atoms with E-state index in [0.717, 1.165) is 0 Å². The molecule has 0 spiro atoms. The number of hydrogen-bond acceptors (Lipinski definition) is 4. The Labute approximate surface area is 42.7 Å². The van der Waals surface area contributed by atoms with E-state index in [4.69, 9.17) is 14.4 Å². The normalized spacial score (nSPS) is 10.1. The van der Waals surface area contributed by atoms with E-state index < -0.39 is 7.82 Å². The first-order valence-electron chi connectivity index (χ1n) is 0.885. The van der Waals surface area contributed by atoms with Gasteiger partial charge in [-0.2, -0.15) is 4.73 Å². The molecule has 0 aromatic rings. The van der Waals surface area contributed by atoms with Gasteiger partial charge < -0.3 is 14.4 Å². The molecule has 0 radical (unpaired) electrons. The Hall–Kier alpha value is 0.209. The van der Waals surface area contributed by atoms with Gasteiger partial charge in [-0.05, 0) is 4.53 Å². The van der Waals surface area contributed by atoms with Crippen LogP contribution in [0.25, 0.3) is 0 Å². The van der Waals surface area contributed by atoms with Gasteiger partial charge in [0.1, 0.15) is 7.82 Å². The monoisotopic (exact) mass is 123 g/mol. The maximum Gasteiger partial charge on any atom is 2.00 e. The number of phosphoric acid groups is 1. The van der Waals surface area contributed by atoms with E-state index in [1.54, 1.807) is 0 Å². The molecule has 0 saturated heterocycles. The average molecular weight is 123 g/mol. The summed E-state index contributed by atoms with van der Waals surface area (Å²) in [6, 6.07) is 0. The quantitative estimate of drug-likeness (QED) is 0.309. The summed E-state index contributed by atoms with van der Waals surface area (Å²) in [4.78, 5) is 17.8. The first kappa shape index (κ1) is 10.2. The summed E-state index contributed by atoms with van der Waals surface area (Å²) in [5.74, 6) is 0. The van der Waals surface area contributed by atoms with Crippen LogP contribution in [-0.4, -0.2) is 10.1 Å². The first-order valence-corrected chi connectivity index (χ1v) is 2.35. The Morgan fingerprint density at radius 1 is 1.57 bits per heavy atom. The fourth-order valence-electron chi connectivity index (χ4n) is 0. The van der Waals surface area contributed by atoms with Crippen molar-refractivity contribution in [1.29, 1.82) is 0 Å². The summed E-state index contributed by atoms with van der Waals surface area (Å²) < 4.78 is 20.9. The van der Waals surface area contributed by atoms with Gasteiger partial charge in [-0.15, -0.1) is 0 Å². The maximum atomic E-state index is 10.1. The molecule has 0 rings (SSSR count). The van der Waals surface area contributed by atoms with Crippen LogP contribution in [0.5, 0.6) is 0 Å². The number of rotatable bonds is 1. The summed E-state index contributed by atoms with van der Waals surface area (Å²) in [6.07, 6.45) is 0. The van der Waals surface area contributed by atoms with E-state index in [1.165, 1.54) is 0 Å². The van der Waals surface area contributed by atoms with Crippen molar-refractivity contribution in [3.63, 3.8) is 0 Å². The summed E-state index contributed by atoms with van der Waals surface area (Å²) >= 11 is 0. The van der Waals surface area contributed by atoms with Crippen LogP contribution >= 0.6 is 7.82 Å². The Bertz CT molecular complexity index is 75.8. The van der Waals surface area contributed by atoms with Crippen molar-refractivity contribution in [2.24, 2.45) is 0 Å². The molecular formula is BeFO4P. The van der Waals surface area contributed by atoms with Crippen LogP contribution in [0.3, 0.4) is 0 Å². The van der Waals surface area contributed by atoms with Crippen molar-refractivity contribution in [2.45, 2.75) is 0 Å². The van der Waals surface area contributed by atoms with Crippen LogP contribution in [0.1, 0.15) is 0 Å². The van der Waals surface area contributed by atoms with Crippen LogP contribution in [0.15, 0.2) is 0 Å². The van der Waals surface area contributed by atoms with Crippen molar-refractivity contribution in [3.8, 4) is 0 Å². The standard InChI is InChI=1S/Be.FH2O4P/c;1-5-6(2,3)4/h;(H2,2,3,4)/q+2;/p-2. The third kappa shape index (κ3) is 10.7. The molecule has 0 atom stereocenters. The largest absolute Gasteiger partial charge is 2.00 e. The van der Waals surface area contributed by atoms with Crippen molar-refractivity contribution < 1.29 is 23.6 Å². The Morgan fingerprint density at radius 2 is 1.71 bits per heavy atom. The van der Waals surface area contributed by atoms with E-state index in [0.29, 0.717) is 0 Å². The Balaban J connectivity index is 0. The van der Waals surface area contributed by atoms with Crippen LogP contribution in [0, 0.1) is 0 Å². The molecular weight excluding hydrogens is 123 g/mol. The van der Waals surface area contributed by atoms with E-state index in [2.05, 4.69) is 0 Å². The van der Waals surface area contributed by atoms with Gasteiger partial charge in [0.15, 0.2) is 0 Å². The summed E-state index contributed by atoms with van der Waals surface area (Å²) in [7, 11) is -5.31. The number of halogens is 1. The van der Waals surface area contributed by atoms with Gasteiger partial charge in [-0.25, -0.2) is 0 Å². The molecule has 0 N–H and O–H groups in total. The summed E-state index contributed by atoms with van der Waals surface area (Å²) in [5.41, 5.74) is 0. The smallest absolute Gasteiger partial charge is 0.787 e. The second-order valence-electron chi connectivity index (χ2n) is 0.516. The van der Waals surface area contributed by atoms with Gasteiger partial charge in [-0.3, -0.25) is 0 Å². The number of hydrogen-bond donors (Lipinski definition) is 0. The minimum atomic E-state index is -5.31. The second kappa shape index (κ2) is 3.24. The molecule has 0 fully saturated rings. The van der Waals surface area contributed by atoms with E-state index in [9.17, 15) is 4.53 Å². The van der Waals surface area contributed by atoms with Crippen LogP contribution in [-0.2, 0) is 9.29 Å². The molecule has 7 heavy (non-hydrogen) atoms. The molecule has 0 aliphatic rings. The predicted molar refractivity (Wildman–Crippen MR) is 15.6 cm³/mol. The molecule has 0 aliphatic heterocycles. The van der Waals surface area contributed by atoms with E-state index in [-0.39, 0.29) is 10.1 Å². The minimum Gasteiger partial charge on any atom is -0.787 e. The van der Waals surface area contributed by atoms with E-state index in [1.807, 2.05) is 4.73 Å². The zero-order chi connectivity index (χ0) is 5.21. The van der Waals surface area contributed by atoms with Gasteiger partial charge in [0.2, 0.25) is 0 Å². The third-order valence-corrected chi connectivity index (χ3v) is 0.254. The molecule has 4 nitrogen and oxygen atoms in total. The molecule has 0 aliphatic carbocycles. The molecule has 7 heteroatoms. The molecule has 0 amide bonds. The Morgan fingerprint density at radius 3 is 1.71 bits per heavy atom. The summed E-state index contributed by atoms with van der Waals surface area (Å²) in [6.45, 7) is 0. The predicted octanol–water partition coefficient (Wildman–Crippen LogP) is -1.66. The molecule has 38 valence electrons. The zero-order valence-corrected chi connectivity index (χ0v) is 4.06. The molecule has 0 unspecified atom stereocenters. The van der Waals surface area contributed by atoms with Crippen LogP contribution in [0.4, 0.5) is 4.53 Å². The van der Waals surface area contributed by atoms with Crippen molar-refractivity contribution in [1.82, 2.24) is 0 Å². The molecule has 0 saturated carbocycles. The second-order valence-corrected chi connectivity index (χ2v) is 1.55. The minimum absolute atomic E-state index is 0. The topological polar surface area (TPSA) is 72.4 Å². The van der Waals surface area contributed by atoms with E-state index >= 15 is 0 Å². The average Bonchev–Trinajstić information content (AvgIpc) is 1.35. The first-order chi connectivity index (χ1) is 2.56. The van der Waals surface area contributed by atoms with Gasteiger partial charge in [0.25, 0.3) is 0 Å². The fourth-order valence-corrected chi connectivity index (χ4v) is 0. The van der Waals surface area contributed by atoms with Gasteiger partial charge >= 0.3 is 10.1 Å². The third-order valence-electron chi connectivity index (χ3n) is 0.0845. The Kier molecular flexibility index (Phi) is 4.74. The van der Waals surface area contributed by atoms with Crippen molar-refractivity contribution >= 4 is 17.9 Å². The van der Waals surface area contributed by atoms with Gasteiger partial charge in [-0.1, -0.05) is 0 Å². The molecule has 0 aromatic heterocycles. The molecule has 0 bridgehead atoms. The molecule has 0 aromatic carbocycles. The maximum absolute atomic E-state index is 10.1. The van der Waals surface area contributed by atoms with Gasteiger partial charge in [0.05, 0.1) is 0 Å². The van der Waals surface area contributed by atoms with Crippen molar-refractivity contribution in [2.75, 3.05) is 0 Å². The zero-order valence-electron chi connectivity index (χ0n) is 3.17.